The molecular weight excluding hydrogens is 360 g/mol. The molecular formula is C15H16N6O4S. The number of hydrogen-bond acceptors (Lipinski definition) is 9. The number of piperidine rings is 1. The van der Waals surface area contributed by atoms with Crippen LogP contribution < -0.4 is 0 Å². The van der Waals surface area contributed by atoms with Crippen molar-refractivity contribution < 1.29 is 17.5 Å². The standard InChI is InChI=1S/C15H16N6O4S/c22-26(23,12-7-18-24-10-12)21-5-1-2-11(9-21)6-14-19-15(20-25-14)13-8-16-3-4-17-13/h3-4,7-8,10-11H,1-2,5-6,9H2. The van der Waals surface area contributed by atoms with Crippen LogP contribution in [0.25, 0.3) is 11.5 Å². The lowest BCUT2D eigenvalue weighted by Gasteiger charge is -2.30. The fraction of sp³-hybridized carbons (Fsp3) is 0.400. The maximum atomic E-state index is 12.6. The van der Waals surface area contributed by atoms with Crippen molar-refractivity contribution in [1.29, 1.82) is 0 Å². The van der Waals surface area contributed by atoms with E-state index in [1.54, 1.807) is 18.6 Å². The first-order chi connectivity index (χ1) is 12.6. The summed E-state index contributed by atoms with van der Waals surface area (Å²) in [4.78, 5) is 12.5. The van der Waals surface area contributed by atoms with Gasteiger partial charge in [0, 0.05) is 31.9 Å². The van der Waals surface area contributed by atoms with Crippen LogP contribution in [0.2, 0.25) is 0 Å². The molecule has 10 nitrogen and oxygen atoms in total. The maximum Gasteiger partial charge on any atom is 0.247 e. The van der Waals surface area contributed by atoms with Gasteiger partial charge in [-0.1, -0.05) is 10.3 Å². The molecule has 136 valence electrons. The summed E-state index contributed by atoms with van der Waals surface area (Å²) in [5.74, 6) is 0.922. The van der Waals surface area contributed by atoms with Crippen LogP contribution in [0.3, 0.4) is 0 Å². The first-order valence-corrected chi connectivity index (χ1v) is 9.55. The van der Waals surface area contributed by atoms with Gasteiger partial charge in [-0.25, -0.2) is 13.4 Å². The minimum atomic E-state index is -3.59. The molecule has 1 atom stereocenters. The molecule has 1 aliphatic heterocycles. The van der Waals surface area contributed by atoms with Crippen LogP contribution in [0.4, 0.5) is 0 Å². The Kier molecular flexibility index (Phi) is 4.47. The first kappa shape index (κ1) is 16.8. The van der Waals surface area contributed by atoms with E-state index in [4.69, 9.17) is 4.52 Å². The van der Waals surface area contributed by atoms with Crippen molar-refractivity contribution in [2.24, 2.45) is 5.92 Å². The molecule has 0 aromatic carbocycles. The monoisotopic (exact) mass is 376 g/mol. The second kappa shape index (κ2) is 6.92. The first-order valence-electron chi connectivity index (χ1n) is 8.11. The predicted octanol–water partition coefficient (Wildman–Crippen LogP) is 1.16. The Balaban J connectivity index is 1.45. The topological polar surface area (TPSA) is 128 Å². The highest BCUT2D eigenvalue weighted by Crippen LogP contribution is 2.26. The van der Waals surface area contributed by atoms with Gasteiger partial charge in [0.1, 0.15) is 16.9 Å². The number of aromatic nitrogens is 5. The van der Waals surface area contributed by atoms with E-state index in [1.165, 1.54) is 10.5 Å². The summed E-state index contributed by atoms with van der Waals surface area (Å²) in [6.07, 6.45) is 9.19. The van der Waals surface area contributed by atoms with Gasteiger partial charge in [-0.3, -0.25) is 4.98 Å². The minimum absolute atomic E-state index is 0.0703. The number of sulfonamides is 1. The Bertz CT molecular complexity index is 957. The summed E-state index contributed by atoms with van der Waals surface area (Å²) in [5, 5.41) is 7.40. The van der Waals surface area contributed by atoms with E-state index in [0.29, 0.717) is 36.9 Å². The lowest BCUT2D eigenvalue weighted by atomic mass is 9.96. The molecule has 4 rings (SSSR count). The fourth-order valence-electron chi connectivity index (χ4n) is 2.99. The summed E-state index contributed by atoms with van der Waals surface area (Å²) in [5.41, 5.74) is 0.530. The van der Waals surface area contributed by atoms with E-state index in [2.05, 4.69) is 29.8 Å². The van der Waals surface area contributed by atoms with Crippen LogP contribution in [-0.4, -0.2) is 51.1 Å². The Morgan fingerprint density at radius 3 is 2.96 bits per heavy atom. The van der Waals surface area contributed by atoms with Crippen molar-refractivity contribution in [3.63, 3.8) is 0 Å². The summed E-state index contributed by atoms with van der Waals surface area (Å²) in [6, 6.07) is 0. The van der Waals surface area contributed by atoms with Crippen LogP contribution in [0, 0.1) is 5.92 Å². The van der Waals surface area contributed by atoms with Crippen molar-refractivity contribution in [3.05, 3.63) is 36.9 Å². The average molecular weight is 376 g/mol. The van der Waals surface area contributed by atoms with E-state index < -0.39 is 10.0 Å². The van der Waals surface area contributed by atoms with Crippen LogP contribution in [-0.2, 0) is 16.4 Å². The molecule has 0 spiro atoms. The zero-order valence-electron chi connectivity index (χ0n) is 13.7. The van der Waals surface area contributed by atoms with Gasteiger partial charge in [-0.2, -0.15) is 9.29 Å². The van der Waals surface area contributed by atoms with E-state index >= 15 is 0 Å². The van der Waals surface area contributed by atoms with Gasteiger partial charge in [0.2, 0.25) is 21.7 Å². The van der Waals surface area contributed by atoms with Crippen LogP contribution in [0.5, 0.6) is 0 Å². The molecule has 3 aromatic heterocycles. The van der Waals surface area contributed by atoms with E-state index in [0.717, 1.165) is 19.1 Å². The van der Waals surface area contributed by atoms with Crippen molar-refractivity contribution in [2.75, 3.05) is 13.1 Å². The number of rotatable bonds is 5. The lowest BCUT2D eigenvalue weighted by Crippen LogP contribution is -2.40. The molecule has 0 aliphatic carbocycles. The highest BCUT2D eigenvalue weighted by atomic mass is 32.2. The summed E-state index contributed by atoms with van der Waals surface area (Å²) in [6.45, 7) is 0.856. The van der Waals surface area contributed by atoms with Crippen LogP contribution >= 0.6 is 0 Å². The third kappa shape index (κ3) is 3.35. The van der Waals surface area contributed by atoms with Gasteiger partial charge >= 0.3 is 0 Å². The summed E-state index contributed by atoms with van der Waals surface area (Å²) in [7, 11) is -3.59. The highest BCUT2D eigenvalue weighted by molar-refractivity contribution is 7.89. The summed E-state index contributed by atoms with van der Waals surface area (Å²) >= 11 is 0. The maximum absolute atomic E-state index is 12.6. The van der Waals surface area contributed by atoms with E-state index in [1.807, 2.05) is 0 Å². The third-order valence-electron chi connectivity index (χ3n) is 4.25. The number of nitrogens with zero attached hydrogens (tertiary/aromatic N) is 6. The quantitative estimate of drug-likeness (QED) is 0.644. The SMILES string of the molecule is O=S(=O)(c1cnoc1)N1CCCC(Cc2nc(-c3cnccn3)no2)C1. The second-order valence-corrected chi connectivity index (χ2v) is 7.98. The van der Waals surface area contributed by atoms with E-state index in [-0.39, 0.29) is 10.8 Å². The molecule has 0 radical (unpaired) electrons. The van der Waals surface area contributed by atoms with Crippen molar-refractivity contribution in [1.82, 2.24) is 29.6 Å². The molecule has 1 aliphatic rings. The normalized spacial score (nSPS) is 18.8. The van der Waals surface area contributed by atoms with Gasteiger partial charge in [-0.05, 0) is 18.8 Å². The zero-order chi connectivity index (χ0) is 18.0. The Morgan fingerprint density at radius 1 is 1.27 bits per heavy atom. The molecule has 11 heteroatoms. The van der Waals surface area contributed by atoms with Gasteiger partial charge in [0.05, 0.1) is 12.4 Å². The average Bonchev–Trinajstić information content (AvgIpc) is 3.35. The van der Waals surface area contributed by atoms with Crippen LogP contribution in [0.1, 0.15) is 18.7 Å². The van der Waals surface area contributed by atoms with Crippen molar-refractivity contribution in [2.45, 2.75) is 24.2 Å². The fourth-order valence-corrected chi connectivity index (χ4v) is 4.40. The molecule has 0 N–H and O–H groups in total. The third-order valence-corrected chi connectivity index (χ3v) is 6.06. The molecule has 1 saturated heterocycles. The molecule has 0 bridgehead atoms. The predicted molar refractivity (Wildman–Crippen MR) is 87.0 cm³/mol. The largest absolute Gasteiger partial charge is 0.363 e. The van der Waals surface area contributed by atoms with E-state index in [9.17, 15) is 8.42 Å². The lowest BCUT2D eigenvalue weighted by molar-refractivity contribution is 0.247. The summed E-state index contributed by atoms with van der Waals surface area (Å²) < 4.78 is 36.6. The van der Waals surface area contributed by atoms with Gasteiger partial charge in [-0.15, -0.1) is 0 Å². The zero-order valence-corrected chi connectivity index (χ0v) is 14.5. The van der Waals surface area contributed by atoms with Crippen molar-refractivity contribution >= 4 is 10.0 Å². The number of hydrogen-bond donors (Lipinski definition) is 0. The minimum Gasteiger partial charge on any atom is -0.363 e. The van der Waals surface area contributed by atoms with Crippen molar-refractivity contribution in [3.8, 4) is 11.5 Å². The molecule has 1 unspecified atom stereocenters. The molecule has 3 aromatic rings. The van der Waals surface area contributed by atoms with Gasteiger partial charge in [0.15, 0.2) is 0 Å². The highest BCUT2D eigenvalue weighted by Gasteiger charge is 2.32. The Morgan fingerprint density at radius 2 is 2.19 bits per heavy atom. The molecule has 26 heavy (non-hydrogen) atoms. The van der Waals surface area contributed by atoms with Gasteiger partial charge < -0.3 is 9.05 Å². The Labute approximate surface area is 149 Å². The second-order valence-electron chi connectivity index (χ2n) is 6.04. The molecule has 4 heterocycles. The molecule has 0 saturated carbocycles. The smallest absolute Gasteiger partial charge is 0.247 e. The molecule has 1 fully saturated rings. The Hall–Kier alpha value is -2.66. The van der Waals surface area contributed by atoms with Crippen LogP contribution in [0.15, 0.2) is 45.0 Å². The van der Waals surface area contributed by atoms with Gasteiger partial charge in [0.25, 0.3) is 0 Å². The molecule has 0 amide bonds.